The number of carbonyl (C=O) groups is 1. The lowest BCUT2D eigenvalue weighted by atomic mass is 9.83. The molecule has 2 saturated heterocycles. The van der Waals surface area contributed by atoms with E-state index in [1.807, 2.05) is 0 Å². The summed E-state index contributed by atoms with van der Waals surface area (Å²) in [6, 6.07) is 0.00663. The summed E-state index contributed by atoms with van der Waals surface area (Å²) in [4.78, 5) is 14.2. The molecule has 2 aliphatic rings. The summed E-state index contributed by atoms with van der Waals surface area (Å²) in [7, 11) is 2.17. The van der Waals surface area contributed by atoms with Crippen LogP contribution < -0.4 is 10.6 Å². The summed E-state index contributed by atoms with van der Waals surface area (Å²) in [5, 5.41) is 6.72. The molecule has 2 aliphatic heterocycles. The first-order valence-corrected chi connectivity index (χ1v) is 6.75. The van der Waals surface area contributed by atoms with E-state index in [1.54, 1.807) is 0 Å². The van der Waals surface area contributed by atoms with Crippen LogP contribution in [0.2, 0.25) is 0 Å². The van der Waals surface area contributed by atoms with Gasteiger partial charge in [-0.05, 0) is 45.3 Å². The number of piperazine rings is 1. The molecule has 2 rings (SSSR count). The van der Waals surface area contributed by atoms with Crippen LogP contribution in [0.3, 0.4) is 0 Å². The number of rotatable bonds is 2. The van der Waals surface area contributed by atoms with Crippen molar-refractivity contribution < 1.29 is 4.79 Å². The van der Waals surface area contributed by atoms with Crippen LogP contribution in [0.1, 0.15) is 33.1 Å². The molecule has 0 bridgehead atoms. The monoisotopic (exact) mass is 239 g/mol. The first kappa shape index (κ1) is 12.8. The molecule has 0 saturated carbocycles. The van der Waals surface area contributed by atoms with Gasteiger partial charge in [-0.15, -0.1) is 0 Å². The minimum Gasteiger partial charge on any atom is -0.353 e. The number of nitrogens with one attached hydrogen (secondary N) is 2. The van der Waals surface area contributed by atoms with Crippen molar-refractivity contribution in [2.45, 2.75) is 44.7 Å². The average Bonchev–Trinajstić information content (AvgIpc) is 2.28. The van der Waals surface area contributed by atoms with Crippen molar-refractivity contribution in [2.24, 2.45) is 5.92 Å². The van der Waals surface area contributed by atoms with Crippen LogP contribution in [0.25, 0.3) is 0 Å². The summed E-state index contributed by atoms with van der Waals surface area (Å²) in [5.41, 5.74) is 0.153. The van der Waals surface area contributed by atoms with Crippen LogP contribution in [0.4, 0.5) is 0 Å². The van der Waals surface area contributed by atoms with E-state index in [2.05, 4.69) is 36.4 Å². The van der Waals surface area contributed by atoms with Gasteiger partial charge >= 0.3 is 0 Å². The van der Waals surface area contributed by atoms with E-state index in [0.717, 1.165) is 38.9 Å². The number of hydrogen-bond acceptors (Lipinski definition) is 3. The number of piperidine rings is 1. The Morgan fingerprint density at radius 2 is 2.06 bits per heavy atom. The predicted octanol–water partition coefficient (Wildman–Crippen LogP) is 0.585. The zero-order valence-corrected chi connectivity index (χ0v) is 11.3. The van der Waals surface area contributed by atoms with Crippen LogP contribution >= 0.6 is 0 Å². The molecule has 2 fully saturated rings. The van der Waals surface area contributed by atoms with Crippen molar-refractivity contribution in [3.63, 3.8) is 0 Å². The van der Waals surface area contributed by atoms with Gasteiger partial charge in [0, 0.05) is 12.1 Å². The Hall–Kier alpha value is -0.610. The molecule has 0 aromatic heterocycles. The van der Waals surface area contributed by atoms with Gasteiger partial charge in [0.05, 0.1) is 6.04 Å². The van der Waals surface area contributed by atoms with Crippen LogP contribution in [0, 0.1) is 5.92 Å². The number of likely N-dealkylation sites (tertiary alicyclic amines) is 1. The number of hydrogen-bond donors (Lipinski definition) is 2. The lowest BCUT2D eigenvalue weighted by Crippen LogP contribution is -2.68. The molecule has 1 unspecified atom stereocenters. The fourth-order valence-electron chi connectivity index (χ4n) is 2.87. The van der Waals surface area contributed by atoms with Gasteiger partial charge < -0.3 is 10.2 Å². The third-order valence-corrected chi connectivity index (χ3v) is 4.05. The van der Waals surface area contributed by atoms with Crippen molar-refractivity contribution >= 4 is 5.91 Å². The minimum atomic E-state index is 0.00663. The Kier molecular flexibility index (Phi) is 3.73. The predicted molar refractivity (Wildman–Crippen MR) is 68.9 cm³/mol. The molecule has 17 heavy (non-hydrogen) atoms. The molecule has 98 valence electrons. The molecule has 0 aromatic carbocycles. The maximum atomic E-state index is 11.8. The van der Waals surface area contributed by atoms with E-state index in [9.17, 15) is 4.79 Å². The molecule has 0 aromatic rings. The highest BCUT2D eigenvalue weighted by molar-refractivity contribution is 5.82. The maximum Gasteiger partial charge on any atom is 0.237 e. The fraction of sp³-hybridized carbons (Fsp3) is 0.923. The standard InChI is InChI=1S/C13H25N3O/c1-10(2)8-11-12(17)14-9-13(15-11)4-6-16(3)7-5-13/h10-11,15H,4-9H2,1-3H3,(H,14,17). The lowest BCUT2D eigenvalue weighted by molar-refractivity contribution is -0.127. The first-order valence-electron chi connectivity index (χ1n) is 6.75. The Morgan fingerprint density at radius 1 is 1.41 bits per heavy atom. The third-order valence-electron chi connectivity index (χ3n) is 4.05. The largest absolute Gasteiger partial charge is 0.353 e. The van der Waals surface area contributed by atoms with Gasteiger partial charge in [-0.1, -0.05) is 13.8 Å². The molecule has 0 aliphatic carbocycles. The normalized spacial score (nSPS) is 29.6. The second-order valence-electron chi connectivity index (χ2n) is 6.13. The van der Waals surface area contributed by atoms with E-state index >= 15 is 0 Å². The second-order valence-corrected chi connectivity index (χ2v) is 6.13. The fourth-order valence-corrected chi connectivity index (χ4v) is 2.87. The topological polar surface area (TPSA) is 44.4 Å². The number of carbonyl (C=O) groups excluding carboxylic acids is 1. The second kappa shape index (κ2) is 4.94. The SMILES string of the molecule is CC(C)CC1NC2(CCN(C)CC2)CNC1=O. The van der Waals surface area contributed by atoms with E-state index in [-0.39, 0.29) is 17.5 Å². The van der Waals surface area contributed by atoms with E-state index in [1.165, 1.54) is 0 Å². The number of amides is 1. The quantitative estimate of drug-likeness (QED) is 0.741. The average molecular weight is 239 g/mol. The van der Waals surface area contributed by atoms with Gasteiger partial charge in [-0.2, -0.15) is 0 Å². The van der Waals surface area contributed by atoms with Gasteiger partial charge in [0.1, 0.15) is 0 Å². The smallest absolute Gasteiger partial charge is 0.237 e. The first-order chi connectivity index (χ1) is 8.01. The van der Waals surface area contributed by atoms with Crippen molar-refractivity contribution in [1.29, 1.82) is 0 Å². The summed E-state index contributed by atoms with van der Waals surface area (Å²) in [5.74, 6) is 0.739. The number of nitrogens with zero attached hydrogens (tertiary/aromatic N) is 1. The highest BCUT2D eigenvalue weighted by Crippen LogP contribution is 2.25. The van der Waals surface area contributed by atoms with Crippen LogP contribution in [0.5, 0.6) is 0 Å². The van der Waals surface area contributed by atoms with Gasteiger partial charge in [-0.25, -0.2) is 0 Å². The Labute approximate surface area is 104 Å². The van der Waals surface area contributed by atoms with E-state index in [4.69, 9.17) is 0 Å². The van der Waals surface area contributed by atoms with Crippen LogP contribution in [0.15, 0.2) is 0 Å². The van der Waals surface area contributed by atoms with Gasteiger partial charge in [0.25, 0.3) is 0 Å². The lowest BCUT2D eigenvalue weighted by Gasteiger charge is -2.46. The zero-order chi connectivity index (χ0) is 12.5. The maximum absolute atomic E-state index is 11.8. The van der Waals surface area contributed by atoms with Gasteiger partial charge in [-0.3, -0.25) is 10.1 Å². The van der Waals surface area contributed by atoms with E-state index in [0.29, 0.717) is 5.92 Å². The summed E-state index contributed by atoms with van der Waals surface area (Å²) >= 11 is 0. The summed E-state index contributed by atoms with van der Waals surface area (Å²) in [6.07, 6.45) is 3.21. The highest BCUT2D eigenvalue weighted by Gasteiger charge is 2.41. The minimum absolute atomic E-state index is 0.00663. The van der Waals surface area contributed by atoms with Gasteiger partial charge in [0.15, 0.2) is 0 Å². The van der Waals surface area contributed by atoms with Gasteiger partial charge in [0.2, 0.25) is 5.91 Å². The molecular weight excluding hydrogens is 214 g/mol. The molecule has 1 spiro atoms. The van der Waals surface area contributed by atoms with E-state index < -0.39 is 0 Å². The third kappa shape index (κ3) is 2.99. The molecule has 1 atom stereocenters. The Balaban J connectivity index is 1.99. The zero-order valence-electron chi connectivity index (χ0n) is 11.3. The molecular formula is C13H25N3O. The molecule has 4 heteroatoms. The summed E-state index contributed by atoms with van der Waals surface area (Å²) in [6.45, 7) is 7.39. The van der Waals surface area contributed by atoms with Crippen molar-refractivity contribution in [3.8, 4) is 0 Å². The van der Waals surface area contributed by atoms with Crippen molar-refractivity contribution in [1.82, 2.24) is 15.5 Å². The Bertz CT molecular complexity index is 282. The molecule has 2 heterocycles. The summed E-state index contributed by atoms with van der Waals surface area (Å²) < 4.78 is 0. The molecule has 1 amide bonds. The molecule has 2 N–H and O–H groups in total. The van der Waals surface area contributed by atoms with Crippen molar-refractivity contribution in [3.05, 3.63) is 0 Å². The van der Waals surface area contributed by atoms with Crippen LogP contribution in [-0.2, 0) is 4.79 Å². The molecule has 0 radical (unpaired) electrons. The van der Waals surface area contributed by atoms with Crippen LogP contribution in [-0.4, -0.2) is 49.1 Å². The van der Waals surface area contributed by atoms with Crippen molar-refractivity contribution in [2.75, 3.05) is 26.7 Å². The Morgan fingerprint density at radius 3 is 2.65 bits per heavy atom. The molecule has 4 nitrogen and oxygen atoms in total. The highest BCUT2D eigenvalue weighted by atomic mass is 16.2.